The van der Waals surface area contributed by atoms with Gasteiger partial charge in [-0.25, -0.2) is 0 Å². The van der Waals surface area contributed by atoms with Crippen molar-refractivity contribution in [3.05, 3.63) is 0 Å². The smallest absolute Gasteiger partial charge is 0.233 e. The first-order chi connectivity index (χ1) is 6.79. The summed E-state index contributed by atoms with van der Waals surface area (Å²) in [4.78, 5) is 11.2. The third-order valence-corrected chi connectivity index (χ3v) is 3.78. The van der Waals surface area contributed by atoms with Crippen molar-refractivity contribution in [2.45, 2.75) is 25.7 Å². The van der Waals surface area contributed by atoms with Crippen molar-refractivity contribution in [1.82, 2.24) is 10.6 Å². The van der Waals surface area contributed by atoms with Crippen molar-refractivity contribution >= 4 is 5.91 Å². The molecule has 0 heterocycles. The van der Waals surface area contributed by atoms with Crippen LogP contribution in [0.4, 0.5) is 0 Å². The van der Waals surface area contributed by atoms with Gasteiger partial charge in [-0.3, -0.25) is 4.79 Å². The molecule has 2 rings (SSSR count). The van der Waals surface area contributed by atoms with Crippen molar-refractivity contribution in [2.75, 3.05) is 20.1 Å². The third kappa shape index (κ3) is 2.08. The van der Waals surface area contributed by atoms with E-state index in [4.69, 9.17) is 0 Å². The number of amides is 1. The topological polar surface area (TPSA) is 41.1 Å². The summed E-state index contributed by atoms with van der Waals surface area (Å²) < 4.78 is 0. The second-order valence-corrected chi connectivity index (χ2v) is 4.77. The summed E-state index contributed by atoms with van der Waals surface area (Å²) in [6.45, 7) is 1.35. The summed E-state index contributed by atoms with van der Waals surface area (Å²) in [6.07, 6.45) is 5.61. The highest BCUT2D eigenvalue weighted by atomic mass is 16.1. The minimum Gasteiger partial charge on any atom is -0.355 e. The zero-order valence-electron chi connectivity index (χ0n) is 8.88. The van der Waals surface area contributed by atoms with Crippen LogP contribution in [0, 0.1) is 17.8 Å². The van der Waals surface area contributed by atoms with E-state index in [1.54, 1.807) is 7.05 Å². The van der Waals surface area contributed by atoms with Crippen LogP contribution < -0.4 is 10.6 Å². The molecule has 2 fully saturated rings. The molecule has 0 saturated heterocycles. The Morgan fingerprint density at radius 3 is 2.79 bits per heavy atom. The lowest BCUT2D eigenvalue weighted by Crippen LogP contribution is -2.36. The van der Waals surface area contributed by atoms with Gasteiger partial charge in [-0.15, -0.1) is 0 Å². The van der Waals surface area contributed by atoms with Gasteiger partial charge in [-0.05, 0) is 44.1 Å². The highest BCUT2D eigenvalue weighted by molar-refractivity contribution is 5.77. The fraction of sp³-hybridized carbons (Fsp3) is 0.909. The molecular weight excluding hydrogens is 176 g/mol. The molecule has 3 heteroatoms. The molecule has 2 saturated carbocycles. The van der Waals surface area contributed by atoms with E-state index in [1.807, 2.05) is 0 Å². The van der Waals surface area contributed by atoms with Crippen molar-refractivity contribution in [3.8, 4) is 0 Å². The highest BCUT2D eigenvalue weighted by Crippen LogP contribution is 2.47. The first-order valence-electron chi connectivity index (χ1n) is 5.71. The minimum atomic E-state index is 0.135. The predicted molar refractivity (Wildman–Crippen MR) is 55.9 cm³/mol. The van der Waals surface area contributed by atoms with Gasteiger partial charge < -0.3 is 10.6 Å². The number of nitrogens with one attached hydrogen (secondary N) is 2. The summed E-state index contributed by atoms with van der Waals surface area (Å²) in [7, 11) is 1.80. The molecule has 2 bridgehead atoms. The Morgan fingerprint density at radius 1 is 1.36 bits per heavy atom. The Morgan fingerprint density at radius 2 is 2.21 bits per heavy atom. The van der Waals surface area contributed by atoms with Gasteiger partial charge in [0.2, 0.25) is 5.91 Å². The van der Waals surface area contributed by atoms with Crippen LogP contribution in [0.25, 0.3) is 0 Å². The molecule has 3 nitrogen and oxygen atoms in total. The summed E-state index contributed by atoms with van der Waals surface area (Å²) in [6, 6.07) is 0. The van der Waals surface area contributed by atoms with Crippen LogP contribution in [0.2, 0.25) is 0 Å². The van der Waals surface area contributed by atoms with Crippen LogP contribution >= 0.6 is 0 Å². The lowest BCUT2D eigenvalue weighted by atomic mass is 9.89. The van der Waals surface area contributed by atoms with Crippen LogP contribution in [-0.4, -0.2) is 26.0 Å². The zero-order valence-corrected chi connectivity index (χ0v) is 8.88. The number of rotatable bonds is 4. The Balaban J connectivity index is 1.69. The van der Waals surface area contributed by atoms with Crippen LogP contribution in [0.15, 0.2) is 0 Å². The maximum atomic E-state index is 11.2. The summed E-state index contributed by atoms with van der Waals surface area (Å²) in [5, 5.41) is 5.87. The van der Waals surface area contributed by atoms with Crippen LogP contribution in [0.1, 0.15) is 25.7 Å². The Labute approximate surface area is 85.6 Å². The van der Waals surface area contributed by atoms with E-state index in [9.17, 15) is 4.79 Å². The molecule has 0 aromatic heterocycles. The molecule has 2 N–H and O–H groups in total. The molecule has 0 aromatic rings. The monoisotopic (exact) mass is 196 g/mol. The van der Waals surface area contributed by atoms with Crippen molar-refractivity contribution in [2.24, 2.45) is 17.8 Å². The standard InChI is InChI=1S/C11H20N2O/c1-12-7-11(14)13-6-10-5-8-2-3-9(10)4-8/h8-10,12H,2-7H2,1H3,(H,13,14). The predicted octanol–water partition coefficient (Wildman–Crippen LogP) is 0.758. The number of carbonyl (C=O) groups is 1. The molecule has 0 radical (unpaired) electrons. The van der Waals surface area contributed by atoms with Crippen LogP contribution in [0.3, 0.4) is 0 Å². The Hall–Kier alpha value is -0.570. The maximum absolute atomic E-state index is 11.2. The molecule has 0 aliphatic heterocycles. The van der Waals surface area contributed by atoms with Crippen LogP contribution in [0.5, 0.6) is 0 Å². The molecule has 3 unspecified atom stereocenters. The van der Waals surface area contributed by atoms with E-state index in [1.165, 1.54) is 25.7 Å². The molecule has 1 amide bonds. The molecule has 2 aliphatic rings. The first-order valence-corrected chi connectivity index (χ1v) is 5.71. The molecule has 0 aromatic carbocycles. The van der Waals surface area contributed by atoms with Gasteiger partial charge in [-0.1, -0.05) is 6.42 Å². The first kappa shape index (κ1) is 9.97. The minimum absolute atomic E-state index is 0.135. The van der Waals surface area contributed by atoms with Crippen molar-refractivity contribution < 1.29 is 4.79 Å². The number of hydrogen-bond donors (Lipinski definition) is 2. The number of likely N-dealkylation sites (N-methyl/N-ethyl adjacent to an activating group) is 1. The molecule has 0 spiro atoms. The van der Waals surface area contributed by atoms with Crippen LogP contribution in [-0.2, 0) is 4.79 Å². The fourth-order valence-electron chi connectivity index (χ4n) is 3.09. The molecule has 14 heavy (non-hydrogen) atoms. The quantitative estimate of drug-likeness (QED) is 0.697. The second-order valence-electron chi connectivity index (χ2n) is 4.77. The Bertz CT molecular complexity index is 217. The number of hydrogen-bond acceptors (Lipinski definition) is 2. The summed E-state index contributed by atoms with van der Waals surface area (Å²) in [5.74, 6) is 2.80. The van der Waals surface area contributed by atoms with E-state index in [0.29, 0.717) is 6.54 Å². The fourth-order valence-corrected chi connectivity index (χ4v) is 3.09. The van der Waals surface area contributed by atoms with Crippen molar-refractivity contribution in [3.63, 3.8) is 0 Å². The summed E-state index contributed by atoms with van der Waals surface area (Å²) in [5.41, 5.74) is 0. The average Bonchev–Trinajstić information content (AvgIpc) is 2.76. The van der Waals surface area contributed by atoms with Gasteiger partial charge in [-0.2, -0.15) is 0 Å². The van der Waals surface area contributed by atoms with E-state index < -0.39 is 0 Å². The Kier molecular flexibility index (Phi) is 3.06. The van der Waals surface area contributed by atoms with Gasteiger partial charge in [0, 0.05) is 6.54 Å². The van der Waals surface area contributed by atoms with Crippen molar-refractivity contribution in [1.29, 1.82) is 0 Å². The highest BCUT2D eigenvalue weighted by Gasteiger charge is 2.39. The van der Waals surface area contributed by atoms with E-state index in [-0.39, 0.29) is 5.91 Å². The normalized spacial score (nSPS) is 34.8. The van der Waals surface area contributed by atoms with E-state index in [2.05, 4.69) is 10.6 Å². The van der Waals surface area contributed by atoms with Gasteiger partial charge >= 0.3 is 0 Å². The van der Waals surface area contributed by atoms with Gasteiger partial charge in [0.15, 0.2) is 0 Å². The number of carbonyl (C=O) groups excluding carboxylic acids is 1. The second kappa shape index (κ2) is 4.30. The lowest BCUT2D eigenvalue weighted by Gasteiger charge is -2.21. The van der Waals surface area contributed by atoms with E-state index in [0.717, 1.165) is 24.3 Å². The molecule has 3 atom stereocenters. The van der Waals surface area contributed by atoms with Gasteiger partial charge in [0.05, 0.1) is 6.54 Å². The maximum Gasteiger partial charge on any atom is 0.233 e. The molecular formula is C11H20N2O. The van der Waals surface area contributed by atoms with E-state index >= 15 is 0 Å². The molecule has 2 aliphatic carbocycles. The number of fused-ring (bicyclic) bond motifs is 2. The zero-order chi connectivity index (χ0) is 9.97. The third-order valence-electron chi connectivity index (χ3n) is 3.78. The molecule has 80 valence electrons. The average molecular weight is 196 g/mol. The van der Waals surface area contributed by atoms with Gasteiger partial charge in [0.25, 0.3) is 0 Å². The SMILES string of the molecule is CNCC(=O)NCC1CC2CCC1C2. The lowest BCUT2D eigenvalue weighted by molar-refractivity contribution is -0.120. The largest absolute Gasteiger partial charge is 0.355 e. The summed E-state index contributed by atoms with van der Waals surface area (Å²) >= 11 is 0. The van der Waals surface area contributed by atoms with Gasteiger partial charge in [0.1, 0.15) is 0 Å².